The average molecular weight is 135 g/mol. The van der Waals surface area contributed by atoms with Gasteiger partial charge in [-0.1, -0.05) is 10.9 Å². The van der Waals surface area contributed by atoms with E-state index < -0.39 is 0 Å². The van der Waals surface area contributed by atoms with Crippen molar-refractivity contribution in [1.29, 1.82) is 5.41 Å². The maximum absolute atomic E-state index is 6.80. The second-order valence-corrected chi connectivity index (χ2v) is 1.90. The number of fused-ring (bicyclic) bond motifs is 1. The number of aromatic nitrogens is 2. The molecule has 1 heterocycles. The highest BCUT2D eigenvalue weighted by atomic mass is 16.5. The van der Waals surface area contributed by atoms with Crippen molar-refractivity contribution in [2.24, 2.45) is 0 Å². The molecule has 4 heteroatoms. The fourth-order valence-electron chi connectivity index (χ4n) is 0.837. The molecule has 10 heavy (non-hydrogen) atoms. The summed E-state index contributed by atoms with van der Waals surface area (Å²) in [5.41, 5.74) is 0.781. The lowest BCUT2D eigenvalue weighted by Crippen LogP contribution is -1.91. The van der Waals surface area contributed by atoms with Gasteiger partial charge < -0.3 is 4.52 Å². The van der Waals surface area contributed by atoms with E-state index in [0.29, 0.717) is 5.76 Å². The summed E-state index contributed by atoms with van der Waals surface area (Å²) >= 11 is 0. The van der Waals surface area contributed by atoms with E-state index in [1.165, 1.54) is 0 Å². The van der Waals surface area contributed by atoms with Crippen LogP contribution in [0.2, 0.25) is 0 Å². The Bertz CT molecular complexity index is 296. The van der Waals surface area contributed by atoms with E-state index in [1.807, 2.05) is 18.2 Å². The molecule has 4 nitrogen and oxygen atoms in total. The van der Waals surface area contributed by atoms with Crippen LogP contribution in [0.4, 0.5) is 0 Å². The topological polar surface area (TPSA) is 54.8 Å². The van der Waals surface area contributed by atoms with Gasteiger partial charge in [-0.25, -0.2) is 0 Å². The highest BCUT2D eigenvalue weighted by Gasteiger charge is 2.08. The molecule has 2 rings (SSSR count). The molecule has 0 aromatic carbocycles. The third-order valence-electron chi connectivity index (χ3n) is 1.26. The van der Waals surface area contributed by atoms with E-state index in [0.717, 1.165) is 16.9 Å². The van der Waals surface area contributed by atoms with Crippen LogP contribution in [0.25, 0.3) is 11.5 Å². The molecule has 1 aliphatic heterocycles. The molecular formula is C6H5N3O. The molecule has 0 spiro atoms. The predicted octanol–water partition coefficient (Wildman–Crippen LogP) is 1.04. The van der Waals surface area contributed by atoms with Crippen molar-refractivity contribution in [1.82, 2.24) is 9.95 Å². The molecule has 0 aromatic heterocycles. The molecule has 0 saturated heterocycles. The second kappa shape index (κ2) is 1.70. The molecule has 0 aromatic rings. The molecule has 1 N–H and O–H groups in total. The lowest BCUT2D eigenvalue weighted by Gasteiger charge is -1.79. The van der Waals surface area contributed by atoms with E-state index in [1.54, 1.807) is 0 Å². The van der Waals surface area contributed by atoms with Crippen LogP contribution in [0.1, 0.15) is 0 Å². The second-order valence-electron chi connectivity index (χ2n) is 1.90. The van der Waals surface area contributed by atoms with Gasteiger partial charge in [-0.15, -0.1) is 5.10 Å². The Morgan fingerprint density at radius 3 is 3.20 bits per heavy atom. The third kappa shape index (κ3) is 0.556. The summed E-state index contributed by atoms with van der Waals surface area (Å²) in [6, 6.07) is 5.50. The van der Waals surface area contributed by atoms with E-state index in [-0.39, 0.29) is 0 Å². The quantitative estimate of drug-likeness (QED) is 0.469. The first-order valence-corrected chi connectivity index (χ1v) is 2.85. The Morgan fingerprint density at radius 2 is 2.50 bits per heavy atom. The average Bonchev–Trinajstić information content (AvgIpc) is 2.42. The van der Waals surface area contributed by atoms with Crippen LogP contribution in [0.5, 0.6) is 0 Å². The minimum Gasteiger partial charge on any atom is -0.354 e. The maximum atomic E-state index is 6.80. The van der Waals surface area contributed by atoms with Crippen LogP contribution in [-0.4, -0.2) is 16.3 Å². The molecule has 0 saturated carbocycles. The van der Waals surface area contributed by atoms with Crippen molar-refractivity contribution in [2.45, 2.75) is 0 Å². The summed E-state index contributed by atoms with van der Waals surface area (Å²) in [4.78, 5) is 1.12. The minimum atomic E-state index is 0.712. The zero-order valence-electron chi connectivity index (χ0n) is 5.11. The molecule has 2 aliphatic rings. The van der Waals surface area contributed by atoms with Gasteiger partial charge in [0.2, 0.25) is 0 Å². The SMILES string of the molecule is N=Cn1nc2cccc-2o1. The molecule has 0 bridgehead atoms. The van der Waals surface area contributed by atoms with Crippen LogP contribution < -0.4 is 0 Å². The van der Waals surface area contributed by atoms with Crippen molar-refractivity contribution in [2.75, 3.05) is 0 Å². The Hall–Kier alpha value is -1.58. The highest BCUT2D eigenvalue weighted by molar-refractivity contribution is 5.58. The van der Waals surface area contributed by atoms with E-state index in [4.69, 9.17) is 9.93 Å². The Labute approximate surface area is 56.9 Å². The summed E-state index contributed by atoms with van der Waals surface area (Å²) in [5, 5.41) is 10.7. The summed E-state index contributed by atoms with van der Waals surface area (Å²) in [5.74, 6) is 0.712. The van der Waals surface area contributed by atoms with Gasteiger partial charge in [-0.05, 0) is 12.1 Å². The molecule has 0 atom stereocenters. The Kier molecular flexibility index (Phi) is 0.887. The lowest BCUT2D eigenvalue weighted by atomic mass is 10.4. The summed E-state index contributed by atoms with van der Waals surface area (Å²) in [6.45, 7) is 0. The van der Waals surface area contributed by atoms with Gasteiger partial charge >= 0.3 is 0 Å². The Morgan fingerprint density at radius 1 is 1.60 bits per heavy atom. The van der Waals surface area contributed by atoms with Crippen molar-refractivity contribution >= 4 is 6.34 Å². The van der Waals surface area contributed by atoms with Crippen LogP contribution in [0.3, 0.4) is 0 Å². The fraction of sp³-hybridized carbons (Fsp3) is 0. The van der Waals surface area contributed by atoms with Crippen LogP contribution in [0, 0.1) is 5.41 Å². The molecule has 0 fully saturated rings. The van der Waals surface area contributed by atoms with Crippen LogP contribution in [-0.2, 0) is 0 Å². The van der Waals surface area contributed by atoms with Crippen molar-refractivity contribution in [3.63, 3.8) is 0 Å². The summed E-state index contributed by atoms with van der Waals surface area (Å²) in [7, 11) is 0. The summed E-state index contributed by atoms with van der Waals surface area (Å²) in [6.07, 6.45) is 1.01. The molecule has 0 amide bonds. The number of nitrogens with one attached hydrogen (secondary N) is 1. The first kappa shape index (κ1) is 5.22. The smallest absolute Gasteiger partial charge is 0.185 e. The van der Waals surface area contributed by atoms with Gasteiger partial charge in [-0.3, -0.25) is 5.41 Å². The minimum absolute atomic E-state index is 0.712. The first-order valence-electron chi connectivity index (χ1n) is 2.85. The van der Waals surface area contributed by atoms with Gasteiger partial charge in [0.1, 0.15) is 12.0 Å². The third-order valence-corrected chi connectivity index (χ3v) is 1.26. The van der Waals surface area contributed by atoms with Crippen molar-refractivity contribution in [3.8, 4) is 11.5 Å². The van der Waals surface area contributed by atoms with Crippen molar-refractivity contribution in [3.05, 3.63) is 18.2 Å². The van der Waals surface area contributed by atoms with E-state index >= 15 is 0 Å². The number of hydrogen-bond donors (Lipinski definition) is 1. The molecule has 50 valence electrons. The lowest BCUT2D eigenvalue weighted by molar-refractivity contribution is 0.350. The largest absolute Gasteiger partial charge is 0.354 e. The van der Waals surface area contributed by atoms with Crippen molar-refractivity contribution < 1.29 is 4.52 Å². The molecule has 0 unspecified atom stereocenters. The monoisotopic (exact) mass is 135 g/mol. The van der Waals surface area contributed by atoms with Gasteiger partial charge in [0.05, 0.1) is 0 Å². The number of hydrogen-bond acceptors (Lipinski definition) is 3. The zero-order chi connectivity index (χ0) is 6.97. The van der Waals surface area contributed by atoms with Gasteiger partial charge in [0.15, 0.2) is 5.76 Å². The summed E-state index contributed by atoms with van der Waals surface area (Å²) < 4.78 is 5.02. The predicted molar refractivity (Wildman–Crippen MR) is 35.3 cm³/mol. The molecular weight excluding hydrogens is 130 g/mol. The number of rotatable bonds is 1. The normalized spacial score (nSPS) is 10.4. The highest BCUT2D eigenvalue weighted by Crippen LogP contribution is 2.18. The molecule has 0 radical (unpaired) electrons. The number of nitrogens with zero attached hydrogens (tertiary/aromatic N) is 2. The van der Waals surface area contributed by atoms with E-state index in [9.17, 15) is 0 Å². The van der Waals surface area contributed by atoms with Crippen LogP contribution in [0.15, 0.2) is 22.7 Å². The van der Waals surface area contributed by atoms with E-state index in [2.05, 4.69) is 5.10 Å². The first-order chi connectivity index (χ1) is 4.90. The Balaban J connectivity index is 2.67. The zero-order valence-corrected chi connectivity index (χ0v) is 5.11. The van der Waals surface area contributed by atoms with Gasteiger partial charge in [0, 0.05) is 0 Å². The standard InChI is InChI=1S/C6H5N3O/c7-4-9-8-5-2-1-3-6(5)10-9/h1-4,7H. The van der Waals surface area contributed by atoms with Gasteiger partial charge in [0.25, 0.3) is 0 Å². The maximum Gasteiger partial charge on any atom is 0.185 e. The van der Waals surface area contributed by atoms with Gasteiger partial charge in [-0.2, -0.15) is 0 Å². The van der Waals surface area contributed by atoms with Crippen LogP contribution >= 0.6 is 0 Å². The molecule has 1 aliphatic carbocycles. The fourth-order valence-corrected chi connectivity index (χ4v) is 0.837.